The number of esters is 1. The van der Waals surface area contributed by atoms with Gasteiger partial charge >= 0.3 is 5.97 Å². The molecule has 0 saturated carbocycles. The predicted molar refractivity (Wildman–Crippen MR) is 112 cm³/mol. The second-order valence-electron chi connectivity index (χ2n) is 7.04. The van der Waals surface area contributed by atoms with Crippen molar-refractivity contribution in [1.82, 2.24) is 0 Å². The molecular formula is C24H18O7. The van der Waals surface area contributed by atoms with Crippen LogP contribution in [0.4, 0.5) is 0 Å². The maximum atomic E-state index is 13.3. The van der Waals surface area contributed by atoms with Gasteiger partial charge in [0.2, 0.25) is 23.0 Å². The molecule has 0 radical (unpaired) electrons. The number of fused-ring (bicyclic) bond motifs is 2. The summed E-state index contributed by atoms with van der Waals surface area (Å²) in [4.78, 5) is 26.2. The highest BCUT2D eigenvalue weighted by Crippen LogP contribution is 2.34. The van der Waals surface area contributed by atoms with Crippen LogP contribution in [-0.2, 0) is 11.2 Å². The van der Waals surface area contributed by atoms with Gasteiger partial charge in [-0.05, 0) is 48.4 Å². The Hall–Kier alpha value is -4.00. The van der Waals surface area contributed by atoms with E-state index in [2.05, 4.69) is 0 Å². The summed E-state index contributed by atoms with van der Waals surface area (Å²) in [5.74, 6) is 0.272. The zero-order chi connectivity index (χ0) is 21.4. The lowest BCUT2D eigenvalue weighted by Gasteiger charge is -2.24. The zero-order valence-electron chi connectivity index (χ0n) is 16.6. The molecule has 0 saturated heterocycles. The molecule has 2 aromatic carbocycles. The van der Waals surface area contributed by atoms with Crippen molar-refractivity contribution >= 4 is 16.9 Å². The second kappa shape index (κ2) is 7.68. The van der Waals surface area contributed by atoms with Crippen LogP contribution in [0.1, 0.15) is 12.5 Å². The maximum absolute atomic E-state index is 13.3. The lowest BCUT2D eigenvalue weighted by Crippen LogP contribution is -2.40. The number of carbonyl (C=O) groups excluding carboxylic acids is 1. The normalized spacial score (nSPS) is 15.1. The largest absolute Gasteiger partial charge is 0.485 e. The Labute approximate surface area is 176 Å². The maximum Gasteiger partial charge on any atom is 0.356 e. The molecule has 0 spiro atoms. The molecule has 31 heavy (non-hydrogen) atoms. The minimum absolute atomic E-state index is 0.0369. The number of hydrogen-bond acceptors (Lipinski definition) is 7. The highest BCUT2D eigenvalue weighted by atomic mass is 16.6. The van der Waals surface area contributed by atoms with Gasteiger partial charge in [0, 0.05) is 0 Å². The second-order valence-corrected chi connectivity index (χ2v) is 7.04. The summed E-state index contributed by atoms with van der Waals surface area (Å²) >= 11 is 0. The van der Waals surface area contributed by atoms with Gasteiger partial charge < -0.3 is 23.0 Å². The molecule has 7 heteroatoms. The summed E-state index contributed by atoms with van der Waals surface area (Å²) in [7, 11) is 0. The molecule has 1 atom stereocenters. The average Bonchev–Trinajstić information content (AvgIpc) is 3.35. The van der Waals surface area contributed by atoms with Crippen LogP contribution in [0, 0.1) is 0 Å². The van der Waals surface area contributed by atoms with Crippen molar-refractivity contribution in [3.05, 3.63) is 76.6 Å². The van der Waals surface area contributed by atoms with E-state index in [0.717, 1.165) is 12.0 Å². The van der Waals surface area contributed by atoms with Gasteiger partial charge in [-0.3, -0.25) is 4.79 Å². The van der Waals surface area contributed by atoms with Crippen LogP contribution in [0.25, 0.3) is 22.5 Å². The molecule has 4 aromatic rings. The molecule has 156 valence electrons. The summed E-state index contributed by atoms with van der Waals surface area (Å²) < 4.78 is 28.1. The zero-order valence-corrected chi connectivity index (χ0v) is 16.6. The Balaban J connectivity index is 1.55. The monoisotopic (exact) mass is 418 g/mol. The Kier molecular flexibility index (Phi) is 4.71. The van der Waals surface area contributed by atoms with Crippen LogP contribution >= 0.6 is 0 Å². The molecule has 1 aliphatic heterocycles. The van der Waals surface area contributed by atoms with E-state index in [1.165, 1.54) is 6.26 Å². The summed E-state index contributed by atoms with van der Waals surface area (Å²) in [5, 5.41) is 0.323. The summed E-state index contributed by atoms with van der Waals surface area (Å²) in [5.41, 5.74) is 0.872. The van der Waals surface area contributed by atoms with E-state index in [1.807, 2.05) is 13.0 Å². The molecule has 0 N–H and O–H groups in total. The number of aryl methyl sites for hydroxylation is 1. The van der Waals surface area contributed by atoms with Crippen molar-refractivity contribution in [3.63, 3.8) is 0 Å². The fraction of sp³-hybridized carbons (Fsp3) is 0.167. The van der Waals surface area contributed by atoms with Crippen LogP contribution in [0.5, 0.6) is 17.2 Å². The fourth-order valence-corrected chi connectivity index (χ4v) is 3.41. The summed E-state index contributed by atoms with van der Waals surface area (Å²) in [6.07, 6.45) is 1.16. The van der Waals surface area contributed by atoms with E-state index in [9.17, 15) is 9.59 Å². The van der Waals surface area contributed by atoms with E-state index in [4.69, 9.17) is 23.0 Å². The van der Waals surface area contributed by atoms with Gasteiger partial charge in [0.1, 0.15) is 12.2 Å². The van der Waals surface area contributed by atoms with Gasteiger partial charge in [-0.15, -0.1) is 0 Å². The van der Waals surface area contributed by atoms with Gasteiger partial charge in [0.25, 0.3) is 0 Å². The first-order chi connectivity index (χ1) is 15.1. The molecular weight excluding hydrogens is 400 g/mol. The van der Waals surface area contributed by atoms with Crippen LogP contribution in [0.15, 0.2) is 74.5 Å². The Morgan fingerprint density at radius 1 is 1.10 bits per heavy atom. The average molecular weight is 418 g/mol. The van der Waals surface area contributed by atoms with E-state index in [-0.39, 0.29) is 23.9 Å². The number of hydrogen-bond donors (Lipinski definition) is 0. The highest BCUT2D eigenvalue weighted by molar-refractivity contribution is 5.85. The third-order valence-electron chi connectivity index (χ3n) is 5.04. The van der Waals surface area contributed by atoms with Crippen molar-refractivity contribution in [2.24, 2.45) is 0 Å². The molecule has 1 unspecified atom stereocenters. The van der Waals surface area contributed by atoms with Crippen molar-refractivity contribution in [2.45, 2.75) is 19.4 Å². The first kappa shape index (κ1) is 19.0. The Bertz CT molecular complexity index is 1320. The van der Waals surface area contributed by atoms with E-state index in [1.54, 1.807) is 48.5 Å². The number of ether oxygens (including phenoxy) is 3. The van der Waals surface area contributed by atoms with Gasteiger partial charge in [-0.1, -0.05) is 25.1 Å². The smallest absolute Gasteiger partial charge is 0.356 e. The van der Waals surface area contributed by atoms with E-state index in [0.29, 0.717) is 22.5 Å². The molecule has 7 nitrogen and oxygen atoms in total. The Morgan fingerprint density at radius 2 is 1.94 bits per heavy atom. The number of benzene rings is 2. The molecule has 2 aromatic heterocycles. The molecule has 0 fully saturated rings. The van der Waals surface area contributed by atoms with Gasteiger partial charge in [-0.2, -0.15) is 0 Å². The van der Waals surface area contributed by atoms with Crippen LogP contribution in [0.3, 0.4) is 0 Å². The number of rotatable bonds is 4. The first-order valence-electron chi connectivity index (χ1n) is 9.88. The highest BCUT2D eigenvalue weighted by Gasteiger charge is 2.31. The predicted octanol–water partition coefficient (Wildman–Crippen LogP) is 4.36. The Morgan fingerprint density at radius 3 is 2.71 bits per heavy atom. The van der Waals surface area contributed by atoms with Gasteiger partial charge in [0.05, 0.1) is 11.6 Å². The van der Waals surface area contributed by atoms with E-state index >= 15 is 0 Å². The van der Waals surface area contributed by atoms with Crippen LogP contribution in [-0.4, -0.2) is 18.7 Å². The number of para-hydroxylation sites is 2. The number of furan rings is 1. The standard InChI is InChI=1S/C24H18O7/c1-2-14-9-10-16-15(12-14)21(25)23(22(30-16)19-8-5-11-27-19)31-24(26)20-13-28-17-6-3-4-7-18(17)29-20/h3-12,20H,2,13H2,1H3. The number of carbonyl (C=O) groups is 1. The molecule has 0 aliphatic carbocycles. The van der Waals surface area contributed by atoms with E-state index < -0.39 is 17.5 Å². The fourth-order valence-electron chi connectivity index (χ4n) is 3.41. The van der Waals surface area contributed by atoms with Crippen molar-refractivity contribution in [3.8, 4) is 28.8 Å². The lowest BCUT2D eigenvalue weighted by molar-refractivity contribution is -0.144. The van der Waals surface area contributed by atoms with Crippen molar-refractivity contribution in [1.29, 1.82) is 0 Å². The molecule has 0 bridgehead atoms. The van der Waals surface area contributed by atoms with Crippen LogP contribution in [0.2, 0.25) is 0 Å². The van der Waals surface area contributed by atoms with Crippen LogP contribution < -0.4 is 19.6 Å². The third-order valence-corrected chi connectivity index (χ3v) is 5.04. The third kappa shape index (κ3) is 3.44. The molecule has 1 aliphatic rings. The SMILES string of the molecule is CCc1ccc2oc(-c3ccco3)c(OC(=O)C3COc4ccccc4O3)c(=O)c2c1. The summed E-state index contributed by atoms with van der Waals surface area (Å²) in [6, 6.07) is 15.6. The molecule has 3 heterocycles. The quantitative estimate of drug-likeness (QED) is 0.455. The first-order valence-corrected chi connectivity index (χ1v) is 9.88. The minimum atomic E-state index is -1.03. The van der Waals surface area contributed by atoms with Crippen molar-refractivity contribution < 1.29 is 27.8 Å². The van der Waals surface area contributed by atoms with Gasteiger partial charge in [0.15, 0.2) is 17.3 Å². The topological polar surface area (TPSA) is 88.1 Å². The van der Waals surface area contributed by atoms with Gasteiger partial charge in [-0.25, -0.2) is 4.79 Å². The minimum Gasteiger partial charge on any atom is -0.485 e. The lowest BCUT2D eigenvalue weighted by atomic mass is 10.1. The summed E-state index contributed by atoms with van der Waals surface area (Å²) in [6.45, 7) is 1.95. The molecule has 5 rings (SSSR count). The van der Waals surface area contributed by atoms with Crippen molar-refractivity contribution in [2.75, 3.05) is 6.61 Å². The molecule has 0 amide bonds.